The van der Waals surface area contributed by atoms with Gasteiger partial charge in [-0.3, -0.25) is 19.4 Å². The van der Waals surface area contributed by atoms with Gasteiger partial charge in [-0.1, -0.05) is 0 Å². The zero-order valence-corrected chi connectivity index (χ0v) is 13.3. The number of pyridine rings is 1. The minimum Gasteiger partial charge on any atom is -0.336 e. The molecule has 0 aliphatic carbocycles. The first-order valence-corrected chi connectivity index (χ1v) is 8.12. The fourth-order valence-electron chi connectivity index (χ4n) is 3.69. The van der Waals surface area contributed by atoms with Crippen molar-refractivity contribution in [3.8, 4) is 0 Å². The third kappa shape index (κ3) is 2.74. The number of carbonyl (C=O) groups excluding carboxylic acids is 1. The molecule has 0 radical (unpaired) electrons. The average Bonchev–Trinajstić information content (AvgIpc) is 2.99. The molecule has 6 nitrogen and oxygen atoms in total. The van der Waals surface area contributed by atoms with Crippen molar-refractivity contribution in [2.45, 2.75) is 19.0 Å². The van der Waals surface area contributed by atoms with Crippen LogP contribution in [0.25, 0.3) is 0 Å². The number of carbonyl (C=O) groups is 1. The first-order valence-electron chi connectivity index (χ1n) is 8.12. The van der Waals surface area contributed by atoms with Gasteiger partial charge in [0.1, 0.15) is 5.69 Å². The molecule has 0 spiro atoms. The molecular formula is C17H21N5O. The number of hydrogen-bond donors (Lipinski definition) is 0. The van der Waals surface area contributed by atoms with Crippen molar-refractivity contribution in [2.75, 3.05) is 19.6 Å². The first-order chi connectivity index (χ1) is 11.2. The SMILES string of the molecule is Cn1ccc(C(=O)N2CC[C@@H]3CN(Cc4ccncc4)[C@@H]3C2)n1. The van der Waals surface area contributed by atoms with Crippen LogP contribution >= 0.6 is 0 Å². The molecule has 2 saturated heterocycles. The van der Waals surface area contributed by atoms with E-state index in [0.717, 1.165) is 38.5 Å². The van der Waals surface area contributed by atoms with Gasteiger partial charge in [-0.15, -0.1) is 0 Å². The van der Waals surface area contributed by atoms with E-state index in [9.17, 15) is 4.79 Å². The summed E-state index contributed by atoms with van der Waals surface area (Å²) in [5.41, 5.74) is 1.83. The van der Waals surface area contributed by atoms with Crippen LogP contribution < -0.4 is 0 Å². The Bertz CT molecular complexity index is 698. The standard InChI is InChI=1S/C17H21N5O/c1-20-8-5-15(19-20)17(23)21-9-4-14-11-22(16(14)12-21)10-13-2-6-18-7-3-13/h2-3,5-8,14,16H,4,9-12H2,1H3/t14-,16-/m1/s1. The second-order valence-corrected chi connectivity index (χ2v) is 6.53. The number of aromatic nitrogens is 3. The van der Waals surface area contributed by atoms with Crippen LogP contribution in [0.1, 0.15) is 22.5 Å². The van der Waals surface area contributed by atoms with Gasteiger partial charge in [0, 0.05) is 57.9 Å². The lowest BCUT2D eigenvalue weighted by molar-refractivity contribution is -0.0428. The summed E-state index contributed by atoms with van der Waals surface area (Å²) < 4.78 is 1.68. The molecule has 0 aromatic carbocycles. The smallest absolute Gasteiger partial charge is 0.274 e. The second kappa shape index (κ2) is 5.77. The van der Waals surface area contributed by atoms with Crippen molar-refractivity contribution in [1.82, 2.24) is 24.6 Å². The second-order valence-electron chi connectivity index (χ2n) is 6.53. The summed E-state index contributed by atoms with van der Waals surface area (Å²) in [6, 6.07) is 6.40. The largest absolute Gasteiger partial charge is 0.336 e. The number of fused-ring (bicyclic) bond motifs is 1. The number of rotatable bonds is 3. The summed E-state index contributed by atoms with van der Waals surface area (Å²) in [5, 5.41) is 4.24. The Morgan fingerprint density at radius 3 is 2.83 bits per heavy atom. The van der Waals surface area contributed by atoms with E-state index in [4.69, 9.17) is 0 Å². The summed E-state index contributed by atoms with van der Waals surface area (Å²) in [6.45, 7) is 3.73. The molecule has 23 heavy (non-hydrogen) atoms. The van der Waals surface area contributed by atoms with Crippen molar-refractivity contribution in [3.05, 3.63) is 48.0 Å². The van der Waals surface area contributed by atoms with Gasteiger partial charge in [0.25, 0.3) is 5.91 Å². The fourth-order valence-corrected chi connectivity index (χ4v) is 3.69. The zero-order valence-electron chi connectivity index (χ0n) is 13.3. The Labute approximate surface area is 135 Å². The monoisotopic (exact) mass is 311 g/mol. The van der Waals surface area contributed by atoms with Gasteiger partial charge in [0.05, 0.1) is 0 Å². The van der Waals surface area contributed by atoms with E-state index in [2.05, 4.69) is 27.1 Å². The first kappa shape index (κ1) is 14.4. The normalized spacial score (nSPS) is 24.1. The average molecular weight is 311 g/mol. The Hall–Kier alpha value is -2.21. The van der Waals surface area contributed by atoms with Crippen LogP contribution in [-0.4, -0.2) is 56.1 Å². The van der Waals surface area contributed by atoms with Gasteiger partial charge in [0.2, 0.25) is 0 Å². The van der Waals surface area contributed by atoms with Crippen LogP contribution in [0.5, 0.6) is 0 Å². The Morgan fingerprint density at radius 1 is 1.26 bits per heavy atom. The molecule has 0 bridgehead atoms. The maximum Gasteiger partial charge on any atom is 0.274 e. The Kier molecular flexibility index (Phi) is 3.61. The van der Waals surface area contributed by atoms with Crippen LogP contribution in [0.4, 0.5) is 0 Å². The zero-order chi connectivity index (χ0) is 15.8. The number of hydrogen-bond acceptors (Lipinski definition) is 4. The molecule has 0 saturated carbocycles. The van der Waals surface area contributed by atoms with E-state index in [1.54, 1.807) is 10.7 Å². The summed E-state index contributed by atoms with van der Waals surface area (Å²) in [5.74, 6) is 0.782. The molecule has 0 unspecified atom stereocenters. The van der Waals surface area contributed by atoms with Gasteiger partial charge in [0.15, 0.2) is 0 Å². The molecule has 0 N–H and O–H groups in total. The van der Waals surface area contributed by atoms with Crippen LogP contribution in [0.3, 0.4) is 0 Å². The van der Waals surface area contributed by atoms with Crippen LogP contribution in [0, 0.1) is 5.92 Å². The Balaban J connectivity index is 1.41. The summed E-state index contributed by atoms with van der Waals surface area (Å²) in [4.78, 5) is 21.1. The third-order valence-electron chi connectivity index (χ3n) is 5.01. The highest BCUT2D eigenvalue weighted by molar-refractivity contribution is 5.92. The maximum atomic E-state index is 12.6. The quantitative estimate of drug-likeness (QED) is 0.853. The van der Waals surface area contributed by atoms with Gasteiger partial charge in [-0.05, 0) is 36.1 Å². The van der Waals surface area contributed by atoms with Gasteiger partial charge in [-0.25, -0.2) is 0 Å². The van der Waals surface area contributed by atoms with Gasteiger partial charge < -0.3 is 4.90 Å². The predicted molar refractivity (Wildman–Crippen MR) is 85.7 cm³/mol. The van der Waals surface area contributed by atoms with Crippen molar-refractivity contribution in [1.29, 1.82) is 0 Å². The van der Waals surface area contributed by atoms with E-state index in [1.165, 1.54) is 5.56 Å². The van der Waals surface area contributed by atoms with Crippen molar-refractivity contribution in [3.63, 3.8) is 0 Å². The van der Waals surface area contributed by atoms with Crippen molar-refractivity contribution >= 4 is 5.91 Å². The number of likely N-dealkylation sites (tertiary alicyclic amines) is 2. The van der Waals surface area contributed by atoms with Crippen LogP contribution in [-0.2, 0) is 13.6 Å². The minimum atomic E-state index is 0.0554. The van der Waals surface area contributed by atoms with E-state index < -0.39 is 0 Å². The molecule has 2 aromatic rings. The van der Waals surface area contributed by atoms with E-state index in [0.29, 0.717) is 11.7 Å². The topological polar surface area (TPSA) is 54.3 Å². The molecule has 4 heterocycles. The molecule has 6 heteroatoms. The molecule has 120 valence electrons. The number of aryl methyl sites for hydroxylation is 1. The van der Waals surface area contributed by atoms with Gasteiger partial charge in [-0.2, -0.15) is 5.10 Å². The molecule has 2 aliphatic rings. The summed E-state index contributed by atoms with van der Waals surface area (Å²) in [6.07, 6.45) is 6.59. The third-order valence-corrected chi connectivity index (χ3v) is 5.01. The highest BCUT2D eigenvalue weighted by Gasteiger charge is 2.43. The number of nitrogens with zero attached hydrogens (tertiary/aromatic N) is 5. The number of piperidine rings is 1. The molecular weight excluding hydrogens is 290 g/mol. The maximum absolute atomic E-state index is 12.6. The lowest BCUT2D eigenvalue weighted by Crippen LogP contribution is -2.64. The molecule has 2 atom stereocenters. The van der Waals surface area contributed by atoms with Crippen LogP contribution in [0.2, 0.25) is 0 Å². The fraction of sp³-hybridized carbons (Fsp3) is 0.471. The van der Waals surface area contributed by atoms with E-state index in [1.807, 2.05) is 30.5 Å². The summed E-state index contributed by atoms with van der Waals surface area (Å²) in [7, 11) is 1.84. The molecule has 2 aromatic heterocycles. The molecule has 2 fully saturated rings. The molecule has 2 aliphatic heterocycles. The lowest BCUT2D eigenvalue weighted by atomic mass is 9.82. The Morgan fingerprint density at radius 2 is 2.09 bits per heavy atom. The van der Waals surface area contributed by atoms with Crippen LogP contribution in [0.15, 0.2) is 36.8 Å². The van der Waals surface area contributed by atoms with E-state index >= 15 is 0 Å². The highest BCUT2D eigenvalue weighted by atomic mass is 16.2. The summed E-state index contributed by atoms with van der Waals surface area (Å²) >= 11 is 0. The predicted octanol–water partition coefficient (Wildman–Crippen LogP) is 1.16. The minimum absolute atomic E-state index is 0.0554. The highest BCUT2D eigenvalue weighted by Crippen LogP contribution is 2.34. The van der Waals surface area contributed by atoms with Crippen molar-refractivity contribution in [2.24, 2.45) is 13.0 Å². The van der Waals surface area contributed by atoms with Gasteiger partial charge >= 0.3 is 0 Å². The lowest BCUT2D eigenvalue weighted by Gasteiger charge is -2.53. The van der Waals surface area contributed by atoms with E-state index in [-0.39, 0.29) is 5.91 Å². The molecule has 4 rings (SSSR count). The van der Waals surface area contributed by atoms with Crippen molar-refractivity contribution < 1.29 is 4.79 Å². The number of amides is 1. The molecule has 1 amide bonds.